The zero-order chi connectivity index (χ0) is 31.6. The molecular weight excluding hydrogens is 597 g/mol. The van der Waals surface area contributed by atoms with Gasteiger partial charge in [-0.1, -0.05) is 74.8 Å². The molecule has 1 unspecified atom stereocenters. The Hall–Kier alpha value is -4.40. The Labute approximate surface area is 266 Å². The molecule has 9 heteroatoms. The van der Waals surface area contributed by atoms with Crippen LogP contribution in [0, 0.1) is 5.82 Å². The van der Waals surface area contributed by atoms with Crippen LogP contribution in [-0.2, 0) is 9.59 Å². The van der Waals surface area contributed by atoms with Gasteiger partial charge in [-0.05, 0) is 78.6 Å². The van der Waals surface area contributed by atoms with Crippen LogP contribution in [0.2, 0.25) is 5.02 Å². The molecule has 3 amide bonds. The zero-order valence-corrected chi connectivity index (χ0v) is 26.1. The smallest absolute Gasteiger partial charge is 0.272 e. The second kappa shape index (κ2) is 15.4. The average molecular weight is 630 g/mol. The number of carbonyl (C=O) groups is 3. The van der Waals surface area contributed by atoms with Crippen molar-refractivity contribution in [3.05, 3.63) is 130 Å². The molecule has 226 valence electrons. The average Bonchev–Trinajstić information content (AvgIpc) is 3.01. The molecule has 0 aliphatic carbocycles. The molecule has 3 N–H and O–H groups in total. The van der Waals surface area contributed by atoms with Crippen LogP contribution in [0.3, 0.4) is 0 Å². The van der Waals surface area contributed by atoms with Crippen molar-refractivity contribution in [3.63, 3.8) is 0 Å². The molecule has 0 radical (unpaired) electrons. The van der Waals surface area contributed by atoms with Gasteiger partial charge in [0.05, 0.1) is 10.3 Å². The van der Waals surface area contributed by atoms with Crippen LogP contribution < -0.4 is 16.0 Å². The van der Waals surface area contributed by atoms with Crippen LogP contribution in [0.1, 0.15) is 54.6 Å². The Morgan fingerprint density at radius 3 is 2.23 bits per heavy atom. The first kappa shape index (κ1) is 32.5. The number of hydrogen-bond acceptors (Lipinski definition) is 4. The van der Waals surface area contributed by atoms with E-state index in [0.29, 0.717) is 23.6 Å². The highest BCUT2D eigenvalue weighted by atomic mass is 35.5. The summed E-state index contributed by atoms with van der Waals surface area (Å²) in [5.41, 5.74) is 2.44. The van der Waals surface area contributed by atoms with E-state index in [1.165, 1.54) is 41.6 Å². The minimum Gasteiger partial charge on any atom is -0.325 e. The Morgan fingerprint density at radius 1 is 0.864 bits per heavy atom. The summed E-state index contributed by atoms with van der Waals surface area (Å²) in [6.45, 7) is 6.17. The lowest BCUT2D eigenvalue weighted by Gasteiger charge is -2.16. The highest BCUT2D eigenvalue weighted by molar-refractivity contribution is 8.00. The van der Waals surface area contributed by atoms with E-state index in [1.807, 2.05) is 37.3 Å². The maximum Gasteiger partial charge on any atom is 0.272 e. The van der Waals surface area contributed by atoms with Crippen molar-refractivity contribution in [2.24, 2.45) is 0 Å². The van der Waals surface area contributed by atoms with Crippen LogP contribution in [0.5, 0.6) is 0 Å². The molecule has 6 nitrogen and oxygen atoms in total. The van der Waals surface area contributed by atoms with E-state index in [-0.39, 0.29) is 27.4 Å². The van der Waals surface area contributed by atoms with E-state index in [1.54, 1.807) is 48.5 Å². The van der Waals surface area contributed by atoms with Gasteiger partial charge >= 0.3 is 0 Å². The molecule has 0 spiro atoms. The number of rotatable bonds is 11. The van der Waals surface area contributed by atoms with Crippen molar-refractivity contribution < 1.29 is 18.8 Å². The lowest BCUT2D eigenvalue weighted by Crippen LogP contribution is -2.30. The first-order valence-electron chi connectivity index (χ1n) is 14.2. The quantitative estimate of drug-likeness (QED) is 0.115. The van der Waals surface area contributed by atoms with E-state index >= 15 is 0 Å². The Kier molecular flexibility index (Phi) is 11.4. The van der Waals surface area contributed by atoms with Crippen LogP contribution in [0.15, 0.2) is 108 Å². The summed E-state index contributed by atoms with van der Waals surface area (Å²) in [5.74, 6) is -1.59. The minimum absolute atomic E-state index is 0.0346. The van der Waals surface area contributed by atoms with Crippen molar-refractivity contribution in [2.75, 3.05) is 10.6 Å². The van der Waals surface area contributed by atoms with Crippen molar-refractivity contribution in [2.45, 2.75) is 43.3 Å². The predicted molar refractivity (Wildman–Crippen MR) is 177 cm³/mol. The normalized spacial score (nSPS) is 12.0. The molecule has 44 heavy (non-hydrogen) atoms. The molecule has 4 aromatic rings. The summed E-state index contributed by atoms with van der Waals surface area (Å²) in [4.78, 5) is 40.2. The van der Waals surface area contributed by atoms with Crippen molar-refractivity contribution in [1.29, 1.82) is 0 Å². The summed E-state index contributed by atoms with van der Waals surface area (Å²) in [7, 11) is 0. The van der Waals surface area contributed by atoms with Gasteiger partial charge in [-0.2, -0.15) is 0 Å². The minimum atomic E-state index is -0.676. The molecule has 0 saturated carbocycles. The molecule has 1 atom stereocenters. The van der Waals surface area contributed by atoms with Crippen LogP contribution >= 0.6 is 23.4 Å². The van der Waals surface area contributed by atoms with Crippen molar-refractivity contribution in [3.8, 4) is 0 Å². The van der Waals surface area contributed by atoms with Gasteiger partial charge in [-0.3, -0.25) is 14.4 Å². The monoisotopic (exact) mass is 629 g/mol. The molecule has 4 aromatic carbocycles. The number of halogens is 2. The Bertz CT molecular complexity index is 1640. The topological polar surface area (TPSA) is 87.3 Å². The number of amides is 3. The number of benzene rings is 4. The van der Waals surface area contributed by atoms with Crippen molar-refractivity contribution >= 4 is 58.5 Å². The molecule has 0 bridgehead atoms. The maximum atomic E-state index is 14.6. The molecule has 0 saturated heterocycles. The molecule has 0 heterocycles. The molecule has 0 aliphatic heterocycles. The summed E-state index contributed by atoms with van der Waals surface area (Å²) >= 11 is 7.58. The van der Waals surface area contributed by atoms with Crippen LogP contribution in [0.25, 0.3) is 6.08 Å². The molecule has 0 aliphatic rings. The van der Waals surface area contributed by atoms with E-state index < -0.39 is 17.6 Å². The predicted octanol–water partition coefficient (Wildman–Crippen LogP) is 8.52. The molecule has 0 fully saturated rings. The number of anilines is 2. The van der Waals surface area contributed by atoms with Gasteiger partial charge in [0.15, 0.2) is 0 Å². The van der Waals surface area contributed by atoms with Crippen LogP contribution in [0.4, 0.5) is 15.8 Å². The molecular formula is C35H33ClFN3O3S. The van der Waals surface area contributed by atoms with Gasteiger partial charge in [-0.15, -0.1) is 11.8 Å². The Balaban J connectivity index is 1.51. The van der Waals surface area contributed by atoms with E-state index in [2.05, 4.69) is 29.8 Å². The fourth-order valence-corrected chi connectivity index (χ4v) is 5.47. The number of hydrogen-bond donors (Lipinski definition) is 3. The second-order valence-electron chi connectivity index (χ2n) is 10.3. The summed E-state index contributed by atoms with van der Waals surface area (Å²) < 4.78 is 14.6. The van der Waals surface area contributed by atoms with Gasteiger partial charge < -0.3 is 16.0 Å². The highest BCUT2D eigenvalue weighted by Gasteiger charge is 2.20. The Morgan fingerprint density at radius 2 is 1.57 bits per heavy atom. The number of carbonyl (C=O) groups excluding carboxylic acids is 3. The summed E-state index contributed by atoms with van der Waals surface area (Å²) in [6, 6.07) is 27.4. The zero-order valence-electron chi connectivity index (χ0n) is 24.6. The third-order valence-corrected chi connectivity index (χ3v) is 8.38. The standard InChI is InChI=1S/C35H33ClFN3O3S/c1-4-32(35(43)38-25-18-16-23(17-19-25)22(2)3)44-27-13-8-12-26(20-27)39-34(42)31(21-28-29(36)14-9-15-30(28)37)40-33(41)24-10-6-5-7-11-24/h5-22,32H,4H2,1-3H3,(H,38,43)(H,39,42)(H,40,41)/b31-21+. The first-order valence-corrected chi connectivity index (χ1v) is 15.4. The molecule has 0 aromatic heterocycles. The summed E-state index contributed by atoms with van der Waals surface area (Å²) in [5, 5.41) is 8.05. The SMILES string of the molecule is CCC(Sc1cccc(NC(=O)/C(=C\c2c(F)cccc2Cl)NC(=O)c2ccccc2)c1)C(=O)Nc1ccc(C(C)C)cc1. The highest BCUT2D eigenvalue weighted by Crippen LogP contribution is 2.29. The fraction of sp³-hybridized carbons (Fsp3) is 0.171. The third kappa shape index (κ3) is 8.81. The number of nitrogens with one attached hydrogen (secondary N) is 3. The van der Waals surface area contributed by atoms with Gasteiger partial charge in [0, 0.05) is 27.4 Å². The number of thioether (sulfide) groups is 1. The second-order valence-corrected chi connectivity index (χ2v) is 12.0. The first-order chi connectivity index (χ1) is 21.1. The third-order valence-electron chi connectivity index (χ3n) is 6.70. The van der Waals surface area contributed by atoms with Crippen LogP contribution in [-0.4, -0.2) is 23.0 Å². The van der Waals surface area contributed by atoms with Crippen molar-refractivity contribution in [1.82, 2.24) is 5.32 Å². The van der Waals surface area contributed by atoms with Gasteiger partial charge in [0.25, 0.3) is 11.8 Å². The van der Waals surface area contributed by atoms with Gasteiger partial charge in [0.2, 0.25) is 5.91 Å². The van der Waals surface area contributed by atoms with Gasteiger partial charge in [0.1, 0.15) is 11.5 Å². The summed E-state index contributed by atoms with van der Waals surface area (Å²) in [6.07, 6.45) is 1.79. The van der Waals surface area contributed by atoms with E-state index in [4.69, 9.17) is 11.6 Å². The maximum absolute atomic E-state index is 14.6. The van der Waals surface area contributed by atoms with E-state index in [0.717, 1.165) is 10.6 Å². The lowest BCUT2D eigenvalue weighted by atomic mass is 10.0. The van der Waals surface area contributed by atoms with Gasteiger partial charge in [-0.25, -0.2) is 4.39 Å². The fourth-order valence-electron chi connectivity index (χ4n) is 4.24. The molecule has 4 rings (SSSR count). The van der Waals surface area contributed by atoms with E-state index in [9.17, 15) is 18.8 Å². The largest absolute Gasteiger partial charge is 0.325 e. The lowest BCUT2D eigenvalue weighted by molar-refractivity contribution is -0.116.